The highest BCUT2D eigenvalue weighted by atomic mass is 16.3. The van der Waals surface area contributed by atoms with Crippen LogP contribution in [-0.2, 0) is 0 Å². The predicted octanol–water partition coefficient (Wildman–Crippen LogP) is 1.09. The summed E-state index contributed by atoms with van der Waals surface area (Å²) in [6.45, 7) is 0. The van der Waals surface area contributed by atoms with E-state index in [2.05, 4.69) is 10.1 Å². The molecular weight excluding hydrogens is 228 g/mol. The third-order valence-electron chi connectivity index (χ3n) is 3.38. The highest BCUT2D eigenvalue weighted by molar-refractivity contribution is 6.01. The van der Waals surface area contributed by atoms with E-state index in [-0.39, 0.29) is 11.9 Å². The summed E-state index contributed by atoms with van der Waals surface area (Å²) in [4.78, 5) is 3.90. The van der Waals surface area contributed by atoms with Crippen LogP contribution in [0.25, 0.3) is 5.57 Å². The van der Waals surface area contributed by atoms with Crippen LogP contribution < -0.4 is 5.73 Å². The van der Waals surface area contributed by atoms with Gasteiger partial charge in [0.05, 0.1) is 6.04 Å². The summed E-state index contributed by atoms with van der Waals surface area (Å²) in [5, 5.41) is 15.9. The van der Waals surface area contributed by atoms with E-state index in [1.54, 1.807) is 6.20 Å². The molecule has 5 nitrogen and oxygen atoms in total. The molecule has 2 aliphatic rings. The van der Waals surface area contributed by atoms with Crippen LogP contribution in [-0.4, -0.2) is 34.0 Å². The SMILES string of the molecule is CN1N=C(N)C2=CC=C(c3cccnc3O)CC21. The number of allylic oxidation sites excluding steroid dienone is 2. The summed E-state index contributed by atoms with van der Waals surface area (Å²) in [7, 11) is 1.91. The molecule has 3 rings (SSSR count). The van der Waals surface area contributed by atoms with Gasteiger partial charge in [-0.2, -0.15) is 5.10 Å². The van der Waals surface area contributed by atoms with E-state index in [0.29, 0.717) is 5.84 Å². The maximum atomic E-state index is 9.78. The number of amidine groups is 1. The number of pyridine rings is 1. The second-order valence-electron chi connectivity index (χ2n) is 4.47. The molecule has 0 fully saturated rings. The van der Waals surface area contributed by atoms with E-state index >= 15 is 0 Å². The van der Waals surface area contributed by atoms with Crippen molar-refractivity contribution >= 4 is 11.4 Å². The molecule has 1 aromatic heterocycles. The summed E-state index contributed by atoms with van der Waals surface area (Å²) < 4.78 is 0. The van der Waals surface area contributed by atoms with Crippen molar-refractivity contribution < 1.29 is 5.11 Å². The number of rotatable bonds is 1. The largest absolute Gasteiger partial charge is 0.493 e. The Morgan fingerprint density at radius 2 is 2.28 bits per heavy atom. The lowest BCUT2D eigenvalue weighted by Crippen LogP contribution is -2.27. The Bertz CT molecular complexity index is 588. The molecule has 18 heavy (non-hydrogen) atoms. The van der Waals surface area contributed by atoms with Crippen LogP contribution in [0, 0.1) is 0 Å². The molecule has 2 heterocycles. The number of hydrogen-bond donors (Lipinski definition) is 2. The van der Waals surface area contributed by atoms with E-state index in [9.17, 15) is 5.11 Å². The van der Waals surface area contributed by atoms with Crippen molar-refractivity contribution in [2.24, 2.45) is 10.8 Å². The van der Waals surface area contributed by atoms with Crippen molar-refractivity contribution in [1.82, 2.24) is 9.99 Å². The van der Waals surface area contributed by atoms with Crippen molar-refractivity contribution in [2.75, 3.05) is 7.05 Å². The molecule has 1 aliphatic carbocycles. The zero-order chi connectivity index (χ0) is 12.7. The summed E-state index contributed by atoms with van der Waals surface area (Å²) in [5.74, 6) is 0.642. The molecule has 5 heteroatoms. The van der Waals surface area contributed by atoms with Crippen LogP contribution in [0.4, 0.5) is 0 Å². The zero-order valence-electron chi connectivity index (χ0n) is 10.0. The average Bonchev–Trinajstić information content (AvgIpc) is 2.65. The van der Waals surface area contributed by atoms with E-state index in [0.717, 1.165) is 23.1 Å². The Kier molecular flexibility index (Phi) is 2.33. The van der Waals surface area contributed by atoms with Gasteiger partial charge in [-0.1, -0.05) is 12.2 Å². The number of aromatic nitrogens is 1. The quantitative estimate of drug-likeness (QED) is 0.773. The summed E-state index contributed by atoms with van der Waals surface area (Å²) in [6.07, 6.45) is 6.29. The van der Waals surface area contributed by atoms with Crippen molar-refractivity contribution in [2.45, 2.75) is 12.5 Å². The predicted molar refractivity (Wildman–Crippen MR) is 69.8 cm³/mol. The molecule has 1 aromatic rings. The molecule has 0 saturated carbocycles. The Morgan fingerprint density at radius 1 is 1.44 bits per heavy atom. The summed E-state index contributed by atoms with van der Waals surface area (Å²) in [6, 6.07) is 3.84. The van der Waals surface area contributed by atoms with Crippen molar-refractivity contribution in [1.29, 1.82) is 0 Å². The molecule has 1 aliphatic heterocycles. The van der Waals surface area contributed by atoms with E-state index in [1.165, 1.54) is 0 Å². The van der Waals surface area contributed by atoms with Gasteiger partial charge in [0.1, 0.15) is 5.84 Å². The normalized spacial score (nSPS) is 22.2. The second kappa shape index (κ2) is 3.87. The fourth-order valence-corrected chi connectivity index (χ4v) is 2.42. The number of fused-ring (bicyclic) bond motifs is 1. The van der Waals surface area contributed by atoms with E-state index < -0.39 is 0 Å². The Morgan fingerprint density at radius 3 is 3.06 bits per heavy atom. The van der Waals surface area contributed by atoms with Crippen LogP contribution in [0.1, 0.15) is 12.0 Å². The van der Waals surface area contributed by atoms with Gasteiger partial charge in [0.25, 0.3) is 0 Å². The number of nitrogens with two attached hydrogens (primary N) is 1. The minimum absolute atomic E-state index is 0.0649. The van der Waals surface area contributed by atoms with Gasteiger partial charge < -0.3 is 10.8 Å². The summed E-state index contributed by atoms with van der Waals surface area (Å²) >= 11 is 0. The third-order valence-corrected chi connectivity index (χ3v) is 3.38. The Balaban J connectivity index is 1.99. The summed E-state index contributed by atoms with van der Waals surface area (Å²) in [5.41, 5.74) is 8.71. The molecule has 0 saturated heterocycles. The Labute approximate surface area is 105 Å². The lowest BCUT2D eigenvalue weighted by atomic mass is 9.90. The molecule has 1 unspecified atom stereocenters. The monoisotopic (exact) mass is 242 g/mol. The second-order valence-corrected chi connectivity index (χ2v) is 4.47. The number of nitrogens with zero attached hydrogens (tertiary/aromatic N) is 3. The van der Waals surface area contributed by atoms with Crippen LogP contribution in [0.5, 0.6) is 5.88 Å². The smallest absolute Gasteiger partial charge is 0.218 e. The number of hydrogen-bond acceptors (Lipinski definition) is 5. The van der Waals surface area contributed by atoms with Crippen LogP contribution in [0.2, 0.25) is 0 Å². The van der Waals surface area contributed by atoms with E-state index in [4.69, 9.17) is 5.73 Å². The first-order valence-electron chi connectivity index (χ1n) is 5.79. The first-order chi connectivity index (χ1) is 8.66. The van der Waals surface area contributed by atoms with Gasteiger partial charge >= 0.3 is 0 Å². The molecule has 0 radical (unpaired) electrons. The van der Waals surface area contributed by atoms with Crippen LogP contribution in [0.15, 0.2) is 41.2 Å². The van der Waals surface area contributed by atoms with Gasteiger partial charge in [-0.05, 0) is 24.1 Å². The highest BCUT2D eigenvalue weighted by Gasteiger charge is 2.31. The van der Waals surface area contributed by atoms with Gasteiger partial charge in [0.2, 0.25) is 5.88 Å². The molecule has 3 N–H and O–H groups in total. The van der Waals surface area contributed by atoms with Crippen molar-refractivity contribution in [3.63, 3.8) is 0 Å². The third kappa shape index (κ3) is 1.55. The number of hydrazone groups is 1. The first-order valence-corrected chi connectivity index (χ1v) is 5.79. The zero-order valence-corrected chi connectivity index (χ0v) is 10.0. The molecule has 0 spiro atoms. The standard InChI is InChI=1S/C13H14N4O/c1-17-11-7-8(4-5-10(11)12(14)16-17)9-3-2-6-15-13(9)18/h2-6,11H,7H2,1H3,(H2,14,16)(H,15,18). The molecule has 0 aromatic carbocycles. The van der Waals surface area contributed by atoms with Crippen LogP contribution >= 0.6 is 0 Å². The van der Waals surface area contributed by atoms with Crippen molar-refractivity contribution in [3.05, 3.63) is 41.6 Å². The lowest BCUT2D eigenvalue weighted by molar-refractivity contribution is 0.312. The molecule has 92 valence electrons. The van der Waals surface area contributed by atoms with Gasteiger partial charge in [-0.25, -0.2) is 4.98 Å². The fraction of sp³-hybridized carbons (Fsp3) is 0.231. The number of likely N-dealkylation sites (N-methyl/N-ethyl adjacent to an activating group) is 1. The minimum Gasteiger partial charge on any atom is -0.493 e. The van der Waals surface area contributed by atoms with Gasteiger partial charge in [-0.3, -0.25) is 5.01 Å². The molecule has 0 amide bonds. The maximum Gasteiger partial charge on any atom is 0.218 e. The Hall–Kier alpha value is -2.30. The van der Waals surface area contributed by atoms with Gasteiger partial charge in [0, 0.05) is 24.4 Å². The van der Waals surface area contributed by atoms with E-state index in [1.807, 2.05) is 36.3 Å². The fourth-order valence-electron chi connectivity index (χ4n) is 2.42. The number of aromatic hydroxyl groups is 1. The minimum atomic E-state index is 0.0649. The molecule has 1 atom stereocenters. The van der Waals surface area contributed by atoms with Crippen LogP contribution in [0.3, 0.4) is 0 Å². The molecular formula is C13H14N4O. The average molecular weight is 242 g/mol. The maximum absolute atomic E-state index is 9.78. The highest BCUT2D eigenvalue weighted by Crippen LogP contribution is 2.35. The first kappa shape index (κ1) is 10.8. The lowest BCUT2D eigenvalue weighted by Gasteiger charge is -2.24. The topological polar surface area (TPSA) is 74.7 Å². The molecule has 0 bridgehead atoms. The van der Waals surface area contributed by atoms with Gasteiger partial charge in [0.15, 0.2) is 0 Å². The van der Waals surface area contributed by atoms with Gasteiger partial charge in [-0.15, -0.1) is 0 Å². The van der Waals surface area contributed by atoms with Crippen molar-refractivity contribution in [3.8, 4) is 5.88 Å².